The summed E-state index contributed by atoms with van der Waals surface area (Å²) in [5.74, 6) is 2.28. The Morgan fingerprint density at radius 3 is 2.30 bits per heavy atom. The van der Waals surface area contributed by atoms with Crippen LogP contribution in [0.4, 0.5) is 0 Å². The Labute approximate surface area is 224 Å². The van der Waals surface area contributed by atoms with Crippen molar-refractivity contribution in [2.45, 2.75) is 71.1 Å². The van der Waals surface area contributed by atoms with Crippen LogP contribution in [0.1, 0.15) is 86.1 Å². The van der Waals surface area contributed by atoms with Gasteiger partial charge in [-0.2, -0.15) is 0 Å². The summed E-state index contributed by atoms with van der Waals surface area (Å²) in [5.41, 5.74) is 11.1. The Morgan fingerprint density at radius 1 is 0.811 bits per heavy atom. The third-order valence-electron chi connectivity index (χ3n) is 8.60. The number of hydrogen-bond donors (Lipinski definition) is 0. The summed E-state index contributed by atoms with van der Waals surface area (Å²) in [6.07, 6.45) is 14.4. The van der Waals surface area contributed by atoms with Crippen molar-refractivity contribution in [1.29, 1.82) is 0 Å². The smallest absolute Gasteiger partial charge is 0.00173 e. The Bertz CT molecular complexity index is 1260. The molecule has 0 bridgehead atoms. The van der Waals surface area contributed by atoms with Crippen LogP contribution in [0, 0.1) is 11.8 Å². The van der Waals surface area contributed by atoms with E-state index in [1.807, 2.05) is 0 Å². The third-order valence-corrected chi connectivity index (χ3v) is 8.60. The highest BCUT2D eigenvalue weighted by atomic mass is 14.2. The molecule has 5 rings (SSSR count). The highest BCUT2D eigenvalue weighted by molar-refractivity contribution is 5.74. The second-order valence-corrected chi connectivity index (χ2v) is 11.7. The van der Waals surface area contributed by atoms with E-state index in [2.05, 4.69) is 111 Å². The quantitative estimate of drug-likeness (QED) is 0.282. The Hall–Kier alpha value is -3.12. The SMILES string of the molecule is C=C(C[C@H](C)c1ccccc1)C1=CC=C(c2cccc(Cc3cccc(CC4CCC(C)CC4)c3)c2)C1. The molecule has 1 atom stereocenters. The second kappa shape index (κ2) is 12.0. The normalized spacial score (nSPS) is 20.3. The van der Waals surface area contributed by atoms with E-state index in [0.717, 1.165) is 31.1 Å². The molecule has 0 unspecified atom stereocenters. The van der Waals surface area contributed by atoms with Crippen LogP contribution < -0.4 is 0 Å². The lowest BCUT2D eigenvalue weighted by Crippen LogP contribution is -2.14. The minimum Gasteiger partial charge on any atom is -0.0955 e. The van der Waals surface area contributed by atoms with Gasteiger partial charge in [0, 0.05) is 0 Å². The Kier molecular flexibility index (Phi) is 8.24. The van der Waals surface area contributed by atoms with Gasteiger partial charge in [-0.1, -0.05) is 130 Å². The molecule has 3 aromatic rings. The summed E-state index contributed by atoms with van der Waals surface area (Å²) in [6, 6.07) is 29.3. The maximum absolute atomic E-state index is 4.46. The molecule has 1 fully saturated rings. The zero-order valence-electron chi connectivity index (χ0n) is 22.8. The van der Waals surface area contributed by atoms with E-state index in [1.165, 1.54) is 76.6 Å². The van der Waals surface area contributed by atoms with Crippen LogP contribution in [0.2, 0.25) is 0 Å². The van der Waals surface area contributed by atoms with Crippen molar-refractivity contribution < 1.29 is 0 Å². The van der Waals surface area contributed by atoms with Gasteiger partial charge in [0.15, 0.2) is 0 Å². The summed E-state index contributed by atoms with van der Waals surface area (Å²) in [5, 5.41) is 0. The Morgan fingerprint density at radius 2 is 1.51 bits per heavy atom. The standard InChI is InChI=1S/C37H42/c1-27-15-17-30(18-16-27)22-31-9-7-10-32(23-31)24-33-11-8-14-36(25-33)37-20-19-35(26-37)29(3)21-28(2)34-12-5-4-6-13-34/h4-14,19-20,23,25,27-28,30H,3,15-18,21-22,24,26H2,1-2H3/t27?,28-,30?/m0/s1. The molecule has 2 aliphatic carbocycles. The molecule has 0 N–H and O–H groups in total. The van der Waals surface area contributed by atoms with Crippen LogP contribution in [0.15, 0.2) is 109 Å². The lowest BCUT2D eigenvalue weighted by molar-refractivity contribution is 0.289. The molecule has 0 aromatic heterocycles. The summed E-state index contributed by atoms with van der Waals surface area (Å²) < 4.78 is 0. The first kappa shape index (κ1) is 25.5. The van der Waals surface area contributed by atoms with Crippen LogP contribution in [0.5, 0.6) is 0 Å². The van der Waals surface area contributed by atoms with Crippen LogP contribution in [0.25, 0.3) is 5.57 Å². The van der Waals surface area contributed by atoms with Gasteiger partial charge in [0.05, 0.1) is 0 Å². The molecule has 0 radical (unpaired) electrons. The maximum Gasteiger partial charge on any atom is -0.00173 e. The molecule has 0 spiro atoms. The van der Waals surface area contributed by atoms with E-state index in [0.29, 0.717) is 5.92 Å². The van der Waals surface area contributed by atoms with E-state index in [9.17, 15) is 0 Å². The molecule has 0 nitrogen and oxygen atoms in total. The van der Waals surface area contributed by atoms with Crippen molar-refractivity contribution in [2.75, 3.05) is 0 Å². The van der Waals surface area contributed by atoms with Crippen LogP contribution in [-0.4, -0.2) is 0 Å². The number of allylic oxidation sites excluding steroid dienone is 5. The van der Waals surface area contributed by atoms with Crippen molar-refractivity contribution in [2.24, 2.45) is 11.8 Å². The summed E-state index contributed by atoms with van der Waals surface area (Å²) in [6.45, 7) is 9.17. The van der Waals surface area contributed by atoms with E-state index in [1.54, 1.807) is 0 Å². The van der Waals surface area contributed by atoms with E-state index < -0.39 is 0 Å². The predicted octanol–water partition coefficient (Wildman–Crippen LogP) is 10.1. The lowest BCUT2D eigenvalue weighted by atomic mass is 9.80. The minimum atomic E-state index is 0.486. The predicted molar refractivity (Wildman–Crippen MR) is 160 cm³/mol. The first-order valence-corrected chi connectivity index (χ1v) is 14.3. The maximum atomic E-state index is 4.46. The van der Waals surface area contributed by atoms with Crippen molar-refractivity contribution in [3.8, 4) is 0 Å². The molecule has 3 aromatic carbocycles. The lowest BCUT2D eigenvalue weighted by Gasteiger charge is -2.26. The number of hydrogen-bond acceptors (Lipinski definition) is 0. The monoisotopic (exact) mass is 486 g/mol. The third kappa shape index (κ3) is 6.80. The van der Waals surface area contributed by atoms with Gasteiger partial charge in [-0.05, 0) is 95.2 Å². The molecule has 0 heterocycles. The molecular weight excluding hydrogens is 444 g/mol. The van der Waals surface area contributed by atoms with Gasteiger partial charge in [0.1, 0.15) is 0 Å². The molecular formula is C37H42. The van der Waals surface area contributed by atoms with Gasteiger partial charge in [-0.25, -0.2) is 0 Å². The van der Waals surface area contributed by atoms with Gasteiger partial charge >= 0.3 is 0 Å². The fraction of sp³-hybridized carbons (Fsp3) is 0.351. The molecule has 37 heavy (non-hydrogen) atoms. The van der Waals surface area contributed by atoms with Gasteiger partial charge in [-0.3, -0.25) is 0 Å². The minimum absolute atomic E-state index is 0.486. The van der Waals surface area contributed by atoms with E-state index in [-0.39, 0.29) is 0 Å². The van der Waals surface area contributed by atoms with Crippen molar-refractivity contribution in [3.63, 3.8) is 0 Å². The number of benzene rings is 3. The number of rotatable bonds is 9. The fourth-order valence-electron chi connectivity index (χ4n) is 6.22. The summed E-state index contributed by atoms with van der Waals surface area (Å²) in [4.78, 5) is 0. The molecule has 1 saturated carbocycles. The van der Waals surface area contributed by atoms with Crippen LogP contribution in [-0.2, 0) is 12.8 Å². The van der Waals surface area contributed by atoms with Crippen molar-refractivity contribution in [1.82, 2.24) is 0 Å². The van der Waals surface area contributed by atoms with Crippen LogP contribution in [0.3, 0.4) is 0 Å². The van der Waals surface area contributed by atoms with Crippen molar-refractivity contribution >= 4 is 5.57 Å². The zero-order chi connectivity index (χ0) is 25.6. The van der Waals surface area contributed by atoms with Gasteiger partial charge in [0.2, 0.25) is 0 Å². The molecule has 190 valence electrons. The average Bonchev–Trinajstić information content (AvgIpc) is 3.42. The first-order valence-electron chi connectivity index (χ1n) is 14.3. The van der Waals surface area contributed by atoms with E-state index in [4.69, 9.17) is 0 Å². The topological polar surface area (TPSA) is 0 Å². The molecule has 0 aliphatic heterocycles. The van der Waals surface area contributed by atoms with Crippen LogP contribution >= 0.6 is 0 Å². The van der Waals surface area contributed by atoms with Gasteiger partial charge in [0.25, 0.3) is 0 Å². The highest BCUT2D eigenvalue weighted by Crippen LogP contribution is 2.36. The molecule has 0 heteroatoms. The molecule has 0 amide bonds. The molecule has 2 aliphatic rings. The molecule has 0 saturated heterocycles. The fourth-order valence-corrected chi connectivity index (χ4v) is 6.22. The summed E-state index contributed by atoms with van der Waals surface area (Å²) >= 11 is 0. The first-order chi connectivity index (χ1) is 18.0. The zero-order valence-corrected chi connectivity index (χ0v) is 22.8. The summed E-state index contributed by atoms with van der Waals surface area (Å²) in [7, 11) is 0. The largest absolute Gasteiger partial charge is 0.0955 e. The highest BCUT2D eigenvalue weighted by Gasteiger charge is 2.19. The Balaban J connectivity index is 1.18. The van der Waals surface area contributed by atoms with E-state index >= 15 is 0 Å². The second-order valence-electron chi connectivity index (χ2n) is 11.7. The van der Waals surface area contributed by atoms with Gasteiger partial charge < -0.3 is 0 Å². The van der Waals surface area contributed by atoms with Crippen molar-refractivity contribution in [3.05, 3.63) is 137 Å². The van der Waals surface area contributed by atoms with Gasteiger partial charge in [-0.15, -0.1) is 0 Å². The average molecular weight is 487 g/mol.